The summed E-state index contributed by atoms with van der Waals surface area (Å²) in [7, 11) is 0. The van der Waals surface area contributed by atoms with Gasteiger partial charge in [-0.05, 0) is 16.8 Å². The number of nitrogens with zero attached hydrogens (tertiary/aromatic N) is 8. The van der Waals surface area contributed by atoms with Gasteiger partial charge in [0.05, 0.1) is 18.8 Å². The van der Waals surface area contributed by atoms with Gasteiger partial charge in [-0.15, -0.1) is 10.2 Å². The summed E-state index contributed by atoms with van der Waals surface area (Å²) in [5.74, 6) is -0.212. The maximum absolute atomic E-state index is 10.8. The highest BCUT2D eigenvalue weighted by Crippen LogP contribution is 2.21. The fourth-order valence-electron chi connectivity index (χ4n) is 2.31. The number of rotatable bonds is 6. The highest BCUT2D eigenvalue weighted by Gasteiger charge is 2.30. The van der Waals surface area contributed by atoms with Crippen LogP contribution in [0, 0.1) is 0 Å². The first-order valence-electron chi connectivity index (χ1n) is 6.80. The molecule has 2 aromatic heterocycles. The molecule has 0 radical (unpaired) electrons. The number of aryl methyl sites for hydroxylation is 1. The van der Waals surface area contributed by atoms with Crippen LogP contribution < -0.4 is 0 Å². The fraction of sp³-hybridized carbons (Fsp3) is 0.636. The topological polar surface area (TPSA) is 115 Å². The Kier molecular flexibility index (Phi) is 3.60. The van der Waals surface area contributed by atoms with Gasteiger partial charge in [-0.3, -0.25) is 4.90 Å². The third-order valence-electron chi connectivity index (χ3n) is 3.45. The molecule has 112 valence electrons. The minimum atomic E-state index is -1.06. The molecule has 0 atom stereocenters. The van der Waals surface area contributed by atoms with Gasteiger partial charge in [0.15, 0.2) is 11.5 Å². The van der Waals surface area contributed by atoms with E-state index in [0.29, 0.717) is 6.54 Å². The highest BCUT2D eigenvalue weighted by molar-refractivity contribution is 5.84. The Hall–Kier alpha value is -2.36. The average molecular weight is 292 g/mol. The smallest absolute Gasteiger partial charge is 0.358 e. The Balaban J connectivity index is 1.55. The van der Waals surface area contributed by atoms with E-state index in [2.05, 4.69) is 37.7 Å². The number of tetrazole rings is 1. The number of carboxylic acid groups (broad SMARTS) is 1. The molecule has 1 aliphatic heterocycles. The second-order valence-corrected chi connectivity index (χ2v) is 5.06. The largest absolute Gasteiger partial charge is 0.476 e. The summed E-state index contributed by atoms with van der Waals surface area (Å²) >= 11 is 0. The average Bonchev–Trinajstić information content (AvgIpc) is 3.03. The number of aromatic nitrogens is 7. The lowest BCUT2D eigenvalue weighted by Gasteiger charge is -2.38. The minimum absolute atomic E-state index is 0.0275. The molecule has 1 N–H and O–H groups in total. The molecule has 0 unspecified atom stereocenters. The molecule has 0 amide bonds. The molecular formula is C11H16N8O2. The zero-order valence-electron chi connectivity index (χ0n) is 11.6. The van der Waals surface area contributed by atoms with Crippen LogP contribution in [0.2, 0.25) is 0 Å². The first kappa shape index (κ1) is 13.6. The molecule has 3 rings (SSSR count). The van der Waals surface area contributed by atoms with E-state index in [1.807, 2.05) is 4.68 Å². The summed E-state index contributed by atoms with van der Waals surface area (Å²) in [6.45, 7) is 5.13. The zero-order chi connectivity index (χ0) is 14.8. The minimum Gasteiger partial charge on any atom is -0.476 e. The van der Waals surface area contributed by atoms with Crippen molar-refractivity contribution in [2.75, 3.05) is 13.1 Å². The first-order chi connectivity index (χ1) is 10.2. The molecule has 0 bridgehead atoms. The number of carbonyl (C=O) groups is 1. The molecule has 3 heterocycles. The number of likely N-dealkylation sites (tertiary alicyclic amines) is 1. The molecule has 1 aliphatic rings. The quantitative estimate of drug-likeness (QED) is 0.752. The second kappa shape index (κ2) is 5.56. The Morgan fingerprint density at radius 2 is 2.19 bits per heavy atom. The van der Waals surface area contributed by atoms with Crippen LogP contribution in [0.15, 0.2) is 6.20 Å². The predicted octanol–water partition coefficient (Wildman–Crippen LogP) is -0.570. The van der Waals surface area contributed by atoms with E-state index >= 15 is 0 Å². The third-order valence-corrected chi connectivity index (χ3v) is 3.45. The molecule has 1 fully saturated rings. The Bertz CT molecular complexity index is 630. The maximum atomic E-state index is 10.8. The van der Waals surface area contributed by atoms with Gasteiger partial charge >= 0.3 is 5.97 Å². The number of aromatic carboxylic acids is 1. The van der Waals surface area contributed by atoms with Gasteiger partial charge in [0, 0.05) is 19.6 Å². The summed E-state index contributed by atoms with van der Waals surface area (Å²) in [6, 6.07) is 0.154. The maximum Gasteiger partial charge on any atom is 0.358 e. The van der Waals surface area contributed by atoms with Crippen LogP contribution >= 0.6 is 0 Å². The van der Waals surface area contributed by atoms with E-state index < -0.39 is 5.97 Å². The van der Waals surface area contributed by atoms with Crippen molar-refractivity contribution in [1.29, 1.82) is 0 Å². The van der Waals surface area contributed by atoms with Gasteiger partial charge in [0.25, 0.3) is 0 Å². The molecular weight excluding hydrogens is 276 g/mol. The fourth-order valence-corrected chi connectivity index (χ4v) is 2.31. The summed E-state index contributed by atoms with van der Waals surface area (Å²) in [4.78, 5) is 13.0. The van der Waals surface area contributed by atoms with Crippen molar-refractivity contribution in [3.8, 4) is 0 Å². The summed E-state index contributed by atoms with van der Waals surface area (Å²) in [5.41, 5.74) is -0.0275. The van der Waals surface area contributed by atoms with E-state index in [1.54, 1.807) is 4.68 Å². The Labute approximate surface area is 120 Å². The summed E-state index contributed by atoms with van der Waals surface area (Å²) in [5, 5.41) is 28.0. The standard InChI is InChI=1S/C11H16N8O2/c1-2-3-18-10(13-14-16-18)7-17-4-8(5-17)19-6-9(11(20)21)12-15-19/h6,8H,2-5,7H2,1H3,(H,20,21). The van der Waals surface area contributed by atoms with Crippen LogP contribution in [0.1, 0.15) is 35.7 Å². The number of hydrogen-bond donors (Lipinski definition) is 1. The van der Waals surface area contributed by atoms with Crippen molar-refractivity contribution >= 4 is 5.97 Å². The van der Waals surface area contributed by atoms with Gasteiger partial charge < -0.3 is 5.11 Å². The monoisotopic (exact) mass is 292 g/mol. The van der Waals surface area contributed by atoms with Gasteiger partial charge in [0.2, 0.25) is 0 Å². The van der Waals surface area contributed by atoms with E-state index in [9.17, 15) is 4.79 Å². The summed E-state index contributed by atoms with van der Waals surface area (Å²) < 4.78 is 3.42. The number of hydrogen-bond acceptors (Lipinski definition) is 7. The van der Waals surface area contributed by atoms with E-state index in [4.69, 9.17) is 5.11 Å². The molecule has 0 spiro atoms. The SMILES string of the molecule is CCCn1nnnc1CN1CC(n2cc(C(=O)O)nn2)C1. The van der Waals surface area contributed by atoms with Crippen molar-refractivity contribution in [2.24, 2.45) is 0 Å². The lowest BCUT2D eigenvalue weighted by Crippen LogP contribution is -2.47. The number of carboxylic acids is 1. The van der Waals surface area contributed by atoms with Crippen LogP contribution in [0.4, 0.5) is 0 Å². The van der Waals surface area contributed by atoms with E-state index in [-0.39, 0.29) is 11.7 Å². The molecule has 0 saturated carbocycles. The predicted molar refractivity (Wildman–Crippen MR) is 69.4 cm³/mol. The van der Waals surface area contributed by atoms with Gasteiger partial charge in [0.1, 0.15) is 0 Å². The zero-order valence-corrected chi connectivity index (χ0v) is 11.6. The lowest BCUT2D eigenvalue weighted by molar-refractivity contribution is 0.0689. The van der Waals surface area contributed by atoms with Crippen molar-refractivity contribution in [2.45, 2.75) is 32.5 Å². The molecule has 0 aromatic carbocycles. The molecule has 0 aliphatic carbocycles. The van der Waals surface area contributed by atoms with Crippen molar-refractivity contribution in [3.05, 3.63) is 17.7 Å². The molecule has 10 heteroatoms. The van der Waals surface area contributed by atoms with Crippen LogP contribution in [0.5, 0.6) is 0 Å². The van der Waals surface area contributed by atoms with Crippen LogP contribution in [-0.2, 0) is 13.1 Å². The third kappa shape index (κ3) is 2.75. The highest BCUT2D eigenvalue weighted by atomic mass is 16.4. The van der Waals surface area contributed by atoms with Crippen LogP contribution in [0.25, 0.3) is 0 Å². The molecule has 10 nitrogen and oxygen atoms in total. The van der Waals surface area contributed by atoms with Gasteiger partial charge in [-0.25, -0.2) is 14.2 Å². The Morgan fingerprint density at radius 1 is 1.38 bits per heavy atom. The normalized spacial score (nSPS) is 16.0. The van der Waals surface area contributed by atoms with Crippen LogP contribution in [0.3, 0.4) is 0 Å². The van der Waals surface area contributed by atoms with Crippen LogP contribution in [-0.4, -0.2) is 64.3 Å². The van der Waals surface area contributed by atoms with E-state index in [1.165, 1.54) is 6.20 Å². The van der Waals surface area contributed by atoms with Gasteiger partial charge in [-0.1, -0.05) is 12.1 Å². The second-order valence-electron chi connectivity index (χ2n) is 5.06. The lowest BCUT2D eigenvalue weighted by atomic mass is 10.1. The van der Waals surface area contributed by atoms with Crippen molar-refractivity contribution in [1.82, 2.24) is 40.1 Å². The summed E-state index contributed by atoms with van der Waals surface area (Å²) in [6.07, 6.45) is 2.45. The molecule has 1 saturated heterocycles. The van der Waals surface area contributed by atoms with E-state index in [0.717, 1.165) is 31.9 Å². The van der Waals surface area contributed by atoms with Crippen molar-refractivity contribution in [3.63, 3.8) is 0 Å². The molecule has 2 aromatic rings. The molecule has 21 heavy (non-hydrogen) atoms. The Morgan fingerprint density at radius 3 is 2.86 bits per heavy atom. The first-order valence-corrected chi connectivity index (χ1v) is 6.80. The van der Waals surface area contributed by atoms with Gasteiger partial charge in [-0.2, -0.15) is 0 Å². The van der Waals surface area contributed by atoms with Crippen molar-refractivity contribution < 1.29 is 9.90 Å².